The number of aryl methyl sites for hydroxylation is 1. The molecule has 0 spiro atoms. The summed E-state index contributed by atoms with van der Waals surface area (Å²) in [5.41, 5.74) is 1.25. The lowest BCUT2D eigenvalue weighted by Gasteiger charge is -2.08. The lowest BCUT2D eigenvalue weighted by Crippen LogP contribution is -2.14. The van der Waals surface area contributed by atoms with Gasteiger partial charge in [-0.05, 0) is 30.3 Å². The standard InChI is InChI=1S/C19H20N2O4/c1-23-14-8-10-15(11-9-14)25-13-5-12-21-18(19(22)24-2)16-6-3-4-7-17(16)20-21/h3-4,6-11H,5,12-13H2,1-2H3. The maximum Gasteiger partial charge on any atom is 0.356 e. The second-order valence-electron chi connectivity index (χ2n) is 5.46. The van der Waals surface area contributed by atoms with Crippen LogP contribution in [0.2, 0.25) is 0 Å². The maximum atomic E-state index is 12.1. The van der Waals surface area contributed by atoms with E-state index in [-0.39, 0.29) is 5.97 Å². The lowest BCUT2D eigenvalue weighted by molar-refractivity contribution is 0.0588. The van der Waals surface area contributed by atoms with Gasteiger partial charge in [0.15, 0.2) is 5.69 Å². The molecular weight excluding hydrogens is 320 g/mol. The van der Waals surface area contributed by atoms with Crippen LogP contribution in [-0.2, 0) is 11.3 Å². The van der Waals surface area contributed by atoms with Gasteiger partial charge in [-0.15, -0.1) is 0 Å². The van der Waals surface area contributed by atoms with Crippen LogP contribution < -0.4 is 9.47 Å². The van der Waals surface area contributed by atoms with Gasteiger partial charge < -0.3 is 14.2 Å². The molecule has 0 saturated heterocycles. The molecule has 130 valence electrons. The van der Waals surface area contributed by atoms with E-state index in [2.05, 4.69) is 5.10 Å². The third-order valence-electron chi connectivity index (χ3n) is 3.87. The van der Waals surface area contributed by atoms with Crippen LogP contribution >= 0.6 is 0 Å². The average molecular weight is 340 g/mol. The quantitative estimate of drug-likeness (QED) is 0.488. The van der Waals surface area contributed by atoms with Crippen LogP contribution in [0.15, 0.2) is 48.5 Å². The predicted molar refractivity (Wildman–Crippen MR) is 94.2 cm³/mol. The van der Waals surface area contributed by atoms with Crippen molar-refractivity contribution in [1.29, 1.82) is 0 Å². The van der Waals surface area contributed by atoms with Gasteiger partial charge in [0.1, 0.15) is 11.5 Å². The van der Waals surface area contributed by atoms with E-state index in [4.69, 9.17) is 14.2 Å². The zero-order valence-corrected chi connectivity index (χ0v) is 14.3. The fourth-order valence-corrected chi connectivity index (χ4v) is 2.63. The van der Waals surface area contributed by atoms with Gasteiger partial charge in [0.25, 0.3) is 0 Å². The molecule has 3 rings (SSSR count). The fourth-order valence-electron chi connectivity index (χ4n) is 2.63. The van der Waals surface area contributed by atoms with E-state index in [9.17, 15) is 4.79 Å². The number of hydrogen-bond donors (Lipinski definition) is 0. The van der Waals surface area contributed by atoms with Crippen LogP contribution in [0.1, 0.15) is 16.9 Å². The zero-order chi connectivity index (χ0) is 17.6. The van der Waals surface area contributed by atoms with Crippen molar-refractivity contribution in [1.82, 2.24) is 9.78 Å². The van der Waals surface area contributed by atoms with E-state index >= 15 is 0 Å². The first-order valence-corrected chi connectivity index (χ1v) is 8.03. The van der Waals surface area contributed by atoms with Gasteiger partial charge in [0, 0.05) is 18.4 Å². The molecule has 0 radical (unpaired) electrons. The summed E-state index contributed by atoms with van der Waals surface area (Å²) in [6, 6.07) is 15.0. The summed E-state index contributed by atoms with van der Waals surface area (Å²) >= 11 is 0. The lowest BCUT2D eigenvalue weighted by atomic mass is 10.2. The second-order valence-corrected chi connectivity index (χ2v) is 5.46. The van der Waals surface area contributed by atoms with Crippen LogP contribution in [0.25, 0.3) is 10.9 Å². The Bertz CT molecular complexity index is 855. The van der Waals surface area contributed by atoms with Crippen molar-refractivity contribution >= 4 is 16.9 Å². The van der Waals surface area contributed by atoms with Crippen molar-refractivity contribution < 1.29 is 19.0 Å². The summed E-state index contributed by atoms with van der Waals surface area (Å²) in [6.45, 7) is 1.08. The van der Waals surface area contributed by atoms with E-state index in [0.717, 1.165) is 22.4 Å². The van der Waals surface area contributed by atoms with Gasteiger partial charge in [-0.1, -0.05) is 18.2 Å². The van der Waals surface area contributed by atoms with E-state index in [1.165, 1.54) is 7.11 Å². The first-order chi connectivity index (χ1) is 12.2. The van der Waals surface area contributed by atoms with Crippen molar-refractivity contribution in [3.63, 3.8) is 0 Å². The number of carbonyl (C=O) groups is 1. The molecule has 3 aromatic rings. The molecule has 0 aliphatic rings. The Balaban J connectivity index is 1.65. The molecule has 25 heavy (non-hydrogen) atoms. The number of fused-ring (bicyclic) bond motifs is 1. The Hall–Kier alpha value is -3.02. The largest absolute Gasteiger partial charge is 0.497 e. The summed E-state index contributed by atoms with van der Waals surface area (Å²) in [4.78, 5) is 12.1. The topological polar surface area (TPSA) is 62.6 Å². The highest BCUT2D eigenvalue weighted by molar-refractivity contribution is 6.02. The zero-order valence-electron chi connectivity index (χ0n) is 14.3. The number of rotatable bonds is 7. The Kier molecular flexibility index (Phi) is 5.18. The maximum absolute atomic E-state index is 12.1. The normalized spacial score (nSPS) is 10.6. The van der Waals surface area contributed by atoms with E-state index in [1.807, 2.05) is 48.5 Å². The summed E-state index contributed by atoms with van der Waals surface area (Å²) in [6.07, 6.45) is 0.712. The van der Waals surface area contributed by atoms with Crippen LogP contribution in [0.3, 0.4) is 0 Å². The monoisotopic (exact) mass is 340 g/mol. The van der Waals surface area contributed by atoms with Gasteiger partial charge in [0.05, 0.1) is 26.3 Å². The third-order valence-corrected chi connectivity index (χ3v) is 3.87. The summed E-state index contributed by atoms with van der Waals surface area (Å²) in [5.74, 6) is 1.18. The molecule has 0 unspecified atom stereocenters. The predicted octanol–water partition coefficient (Wildman–Crippen LogP) is 3.30. The number of aromatic nitrogens is 2. The Morgan fingerprint density at radius 1 is 1.04 bits per heavy atom. The van der Waals surface area contributed by atoms with Gasteiger partial charge in [-0.3, -0.25) is 4.68 Å². The van der Waals surface area contributed by atoms with E-state index in [1.54, 1.807) is 11.8 Å². The van der Waals surface area contributed by atoms with Gasteiger partial charge in [-0.25, -0.2) is 4.79 Å². The molecule has 1 aromatic heterocycles. The van der Waals surface area contributed by atoms with Crippen LogP contribution in [0.5, 0.6) is 11.5 Å². The number of esters is 1. The minimum absolute atomic E-state index is 0.384. The van der Waals surface area contributed by atoms with Crippen molar-refractivity contribution in [2.75, 3.05) is 20.8 Å². The van der Waals surface area contributed by atoms with Crippen LogP contribution in [0.4, 0.5) is 0 Å². The first-order valence-electron chi connectivity index (χ1n) is 8.03. The fraction of sp³-hybridized carbons (Fsp3) is 0.263. The number of benzene rings is 2. The van der Waals surface area contributed by atoms with Crippen LogP contribution in [0, 0.1) is 0 Å². The molecule has 6 nitrogen and oxygen atoms in total. The smallest absolute Gasteiger partial charge is 0.356 e. The second kappa shape index (κ2) is 7.70. The molecule has 0 amide bonds. The molecule has 0 aliphatic carbocycles. The van der Waals surface area contributed by atoms with Crippen molar-refractivity contribution in [2.24, 2.45) is 0 Å². The number of ether oxygens (including phenoxy) is 3. The summed E-state index contributed by atoms with van der Waals surface area (Å²) in [7, 11) is 3.00. The Morgan fingerprint density at radius 3 is 2.48 bits per heavy atom. The third kappa shape index (κ3) is 3.74. The molecule has 6 heteroatoms. The Labute approximate surface area is 145 Å². The average Bonchev–Trinajstić information content (AvgIpc) is 3.03. The van der Waals surface area contributed by atoms with Gasteiger partial charge in [0.2, 0.25) is 0 Å². The highest BCUT2D eigenvalue weighted by atomic mass is 16.5. The minimum Gasteiger partial charge on any atom is -0.497 e. The van der Waals surface area contributed by atoms with E-state index < -0.39 is 0 Å². The minimum atomic E-state index is -0.384. The molecule has 0 fully saturated rings. The molecule has 0 atom stereocenters. The van der Waals surface area contributed by atoms with Crippen LogP contribution in [-0.4, -0.2) is 36.6 Å². The van der Waals surface area contributed by atoms with E-state index in [0.29, 0.717) is 25.3 Å². The number of carbonyl (C=O) groups excluding carboxylic acids is 1. The Morgan fingerprint density at radius 2 is 1.76 bits per heavy atom. The number of nitrogens with zero attached hydrogens (tertiary/aromatic N) is 2. The molecule has 0 bridgehead atoms. The summed E-state index contributed by atoms with van der Waals surface area (Å²) in [5, 5.41) is 5.29. The van der Waals surface area contributed by atoms with Crippen molar-refractivity contribution in [2.45, 2.75) is 13.0 Å². The van der Waals surface area contributed by atoms with Gasteiger partial charge in [-0.2, -0.15) is 5.10 Å². The summed E-state index contributed by atoms with van der Waals surface area (Å²) < 4.78 is 17.4. The van der Waals surface area contributed by atoms with Crippen molar-refractivity contribution in [3.05, 3.63) is 54.2 Å². The molecule has 0 saturated carbocycles. The molecule has 2 aromatic carbocycles. The molecular formula is C19H20N2O4. The van der Waals surface area contributed by atoms with Gasteiger partial charge >= 0.3 is 5.97 Å². The first kappa shape index (κ1) is 16.8. The molecule has 1 heterocycles. The molecule has 0 aliphatic heterocycles. The molecule has 0 N–H and O–H groups in total. The number of methoxy groups -OCH3 is 2. The highest BCUT2D eigenvalue weighted by Crippen LogP contribution is 2.20. The SMILES string of the molecule is COC(=O)c1c2ccccc2nn1CCCOc1ccc(OC)cc1. The highest BCUT2D eigenvalue weighted by Gasteiger charge is 2.18. The number of hydrogen-bond acceptors (Lipinski definition) is 5. The van der Waals surface area contributed by atoms with Crippen molar-refractivity contribution in [3.8, 4) is 11.5 Å².